The van der Waals surface area contributed by atoms with Gasteiger partial charge in [-0.15, -0.1) is 0 Å². The van der Waals surface area contributed by atoms with Crippen molar-refractivity contribution in [3.8, 4) is 11.8 Å². The summed E-state index contributed by atoms with van der Waals surface area (Å²) in [7, 11) is 0.818. The van der Waals surface area contributed by atoms with E-state index in [1.807, 2.05) is 0 Å². The average Bonchev–Trinajstić information content (AvgIpc) is 2.48. The number of aromatic nitrogens is 2. The van der Waals surface area contributed by atoms with Gasteiger partial charge in [-0.2, -0.15) is 18.4 Å². The fourth-order valence-corrected chi connectivity index (χ4v) is 1.99. The Bertz CT molecular complexity index is 958. The number of hydrogen-bond donors (Lipinski definition) is 1. The summed E-state index contributed by atoms with van der Waals surface area (Å²) in [6.45, 7) is 1.43. The molecule has 0 aliphatic carbocycles. The molecule has 2 aromatic rings. The molecule has 0 saturated carbocycles. The number of nitrogens with zero attached hydrogens (tertiary/aromatic N) is 3. The molecule has 0 bridgehead atoms. The molecule has 0 radical (unpaired) electrons. The summed E-state index contributed by atoms with van der Waals surface area (Å²) in [6, 6.07) is 3.61. The first-order valence-electron chi connectivity index (χ1n) is 6.41. The number of alkyl halides is 3. The van der Waals surface area contributed by atoms with Crippen LogP contribution >= 0.6 is 11.6 Å². The Morgan fingerprint density at radius 3 is 2.24 bits per heavy atom. The SMILES string of the molecule is CC#N.Cn1c(C(F)(F)F)cc(=O)n(-c2cc(N)c(Cl)cc2F)c1=O. The molecule has 1 heterocycles. The molecule has 11 heteroatoms. The minimum Gasteiger partial charge on any atom is -0.397 e. The monoisotopic (exact) mass is 378 g/mol. The molecule has 0 fully saturated rings. The van der Waals surface area contributed by atoms with E-state index in [0.717, 1.165) is 19.2 Å². The summed E-state index contributed by atoms with van der Waals surface area (Å²) in [6.07, 6.45) is -4.90. The molecule has 2 N–H and O–H groups in total. The van der Waals surface area contributed by atoms with Gasteiger partial charge >= 0.3 is 11.9 Å². The van der Waals surface area contributed by atoms with E-state index in [0.29, 0.717) is 0 Å². The van der Waals surface area contributed by atoms with E-state index in [4.69, 9.17) is 22.6 Å². The second kappa shape index (κ2) is 7.40. The van der Waals surface area contributed by atoms with Gasteiger partial charge < -0.3 is 5.73 Å². The molecule has 25 heavy (non-hydrogen) atoms. The van der Waals surface area contributed by atoms with Gasteiger partial charge in [-0.25, -0.2) is 13.8 Å². The summed E-state index contributed by atoms with van der Waals surface area (Å²) >= 11 is 5.58. The van der Waals surface area contributed by atoms with Gasteiger partial charge in [0, 0.05) is 20.0 Å². The van der Waals surface area contributed by atoms with Crippen LogP contribution in [0.1, 0.15) is 12.6 Å². The number of nitriles is 1. The molecule has 1 aromatic heterocycles. The summed E-state index contributed by atoms with van der Waals surface area (Å²) in [5.41, 5.74) is 0.606. The van der Waals surface area contributed by atoms with Crippen LogP contribution in [0.25, 0.3) is 5.69 Å². The standard InChI is InChI=1S/C12H8ClF4N3O2.C2H3N/c1-19-9(12(15,16)17)4-10(21)20(11(19)22)8-3-7(18)5(13)2-6(8)14;1-2-3/h2-4H,18H2,1H3;1H3. The van der Waals surface area contributed by atoms with Gasteiger partial charge in [-0.3, -0.25) is 9.36 Å². The van der Waals surface area contributed by atoms with E-state index in [9.17, 15) is 27.2 Å². The normalized spacial score (nSPS) is 10.6. The topological polar surface area (TPSA) is 93.8 Å². The molecule has 0 aliphatic heterocycles. The molecular formula is C14H11ClF4N4O2. The number of benzene rings is 1. The quantitative estimate of drug-likeness (QED) is 0.609. The van der Waals surface area contributed by atoms with Crippen molar-refractivity contribution in [1.29, 1.82) is 5.26 Å². The van der Waals surface area contributed by atoms with E-state index in [-0.39, 0.29) is 25.9 Å². The van der Waals surface area contributed by atoms with Crippen LogP contribution in [-0.2, 0) is 13.2 Å². The molecule has 1 aromatic carbocycles. The van der Waals surface area contributed by atoms with Crippen LogP contribution in [0, 0.1) is 17.1 Å². The number of halogens is 5. The Kier molecular flexibility index (Phi) is 5.99. The minimum atomic E-state index is -4.90. The zero-order chi connectivity index (χ0) is 19.5. The van der Waals surface area contributed by atoms with Crippen LogP contribution in [0.5, 0.6) is 0 Å². The summed E-state index contributed by atoms with van der Waals surface area (Å²) in [5, 5.41) is 7.16. The molecule has 0 unspecified atom stereocenters. The lowest BCUT2D eigenvalue weighted by atomic mass is 10.2. The summed E-state index contributed by atoms with van der Waals surface area (Å²) < 4.78 is 52.5. The molecule has 0 amide bonds. The second-order valence-electron chi connectivity index (χ2n) is 4.59. The van der Waals surface area contributed by atoms with E-state index in [1.165, 1.54) is 6.92 Å². The first kappa shape index (κ1) is 20.2. The third-order valence-corrected chi connectivity index (χ3v) is 3.24. The van der Waals surface area contributed by atoms with Gasteiger partial charge in [0.15, 0.2) is 0 Å². The van der Waals surface area contributed by atoms with Crippen LogP contribution in [0.15, 0.2) is 27.8 Å². The van der Waals surface area contributed by atoms with Gasteiger partial charge in [0.05, 0.1) is 22.5 Å². The van der Waals surface area contributed by atoms with Crippen molar-refractivity contribution < 1.29 is 17.6 Å². The van der Waals surface area contributed by atoms with Crippen LogP contribution < -0.4 is 17.0 Å². The van der Waals surface area contributed by atoms with Crippen molar-refractivity contribution in [3.05, 3.63) is 55.6 Å². The van der Waals surface area contributed by atoms with Gasteiger partial charge in [0.2, 0.25) is 0 Å². The van der Waals surface area contributed by atoms with E-state index >= 15 is 0 Å². The van der Waals surface area contributed by atoms with Crippen molar-refractivity contribution >= 4 is 17.3 Å². The zero-order valence-electron chi connectivity index (χ0n) is 12.9. The third-order valence-electron chi connectivity index (χ3n) is 2.92. The van der Waals surface area contributed by atoms with Crippen molar-refractivity contribution in [3.63, 3.8) is 0 Å². The highest BCUT2D eigenvalue weighted by Crippen LogP contribution is 2.27. The molecule has 134 valence electrons. The van der Waals surface area contributed by atoms with E-state index < -0.39 is 34.6 Å². The Labute approximate surface area is 143 Å². The predicted octanol–water partition coefficient (Wildman–Crippen LogP) is 2.46. The van der Waals surface area contributed by atoms with Crippen LogP contribution in [-0.4, -0.2) is 9.13 Å². The van der Waals surface area contributed by atoms with Gasteiger partial charge in [0.1, 0.15) is 11.5 Å². The average molecular weight is 379 g/mol. The van der Waals surface area contributed by atoms with Crippen molar-refractivity contribution in [1.82, 2.24) is 9.13 Å². The Morgan fingerprint density at radius 1 is 1.24 bits per heavy atom. The second-order valence-corrected chi connectivity index (χ2v) is 5.00. The predicted molar refractivity (Wildman–Crippen MR) is 82.9 cm³/mol. The highest BCUT2D eigenvalue weighted by Gasteiger charge is 2.35. The van der Waals surface area contributed by atoms with Gasteiger partial charge in [0.25, 0.3) is 5.56 Å². The fraction of sp³-hybridized carbons (Fsp3) is 0.214. The van der Waals surface area contributed by atoms with Crippen LogP contribution in [0.2, 0.25) is 5.02 Å². The fourth-order valence-electron chi connectivity index (χ4n) is 1.84. The number of anilines is 1. The van der Waals surface area contributed by atoms with Gasteiger partial charge in [-0.1, -0.05) is 11.6 Å². The molecule has 0 saturated heterocycles. The number of hydrogen-bond acceptors (Lipinski definition) is 4. The molecule has 6 nitrogen and oxygen atoms in total. The zero-order valence-corrected chi connectivity index (χ0v) is 13.6. The highest BCUT2D eigenvalue weighted by atomic mass is 35.5. The number of rotatable bonds is 1. The van der Waals surface area contributed by atoms with Crippen LogP contribution in [0.4, 0.5) is 23.2 Å². The molecular weight excluding hydrogens is 368 g/mol. The number of nitrogen functional groups attached to an aromatic ring is 1. The van der Waals surface area contributed by atoms with Gasteiger partial charge in [-0.05, 0) is 12.1 Å². The maximum Gasteiger partial charge on any atom is 0.431 e. The van der Waals surface area contributed by atoms with E-state index in [1.54, 1.807) is 6.07 Å². The molecule has 0 spiro atoms. The smallest absolute Gasteiger partial charge is 0.397 e. The highest BCUT2D eigenvalue weighted by molar-refractivity contribution is 6.33. The van der Waals surface area contributed by atoms with E-state index in [2.05, 4.69) is 0 Å². The van der Waals surface area contributed by atoms with Crippen molar-refractivity contribution in [2.45, 2.75) is 13.1 Å². The molecule has 0 atom stereocenters. The first-order valence-corrected chi connectivity index (χ1v) is 6.79. The maximum atomic E-state index is 13.9. The molecule has 0 aliphatic rings. The lowest BCUT2D eigenvalue weighted by Gasteiger charge is -2.14. The van der Waals surface area contributed by atoms with Crippen LogP contribution in [0.3, 0.4) is 0 Å². The Hall–Kier alpha value is -2.80. The lowest BCUT2D eigenvalue weighted by molar-refractivity contribution is -0.144. The maximum absolute atomic E-state index is 13.9. The van der Waals surface area contributed by atoms with Crippen molar-refractivity contribution in [2.75, 3.05) is 5.73 Å². The van der Waals surface area contributed by atoms with Crippen molar-refractivity contribution in [2.24, 2.45) is 7.05 Å². The Morgan fingerprint density at radius 2 is 1.76 bits per heavy atom. The summed E-state index contributed by atoms with van der Waals surface area (Å²) in [5.74, 6) is -1.07. The lowest BCUT2D eigenvalue weighted by Crippen LogP contribution is -2.41. The Balaban J connectivity index is 0.000000970. The third kappa shape index (κ3) is 4.19. The molecule has 2 rings (SSSR count). The first-order chi connectivity index (χ1) is 11.4. The summed E-state index contributed by atoms with van der Waals surface area (Å²) in [4.78, 5) is 23.8. The number of nitrogens with two attached hydrogens (primary N) is 1. The minimum absolute atomic E-state index is 0.132. The largest absolute Gasteiger partial charge is 0.431 e.